The van der Waals surface area contributed by atoms with Crippen LogP contribution in [-0.2, 0) is 6.18 Å². The number of amides is 1. The Bertz CT molecular complexity index is 948. The number of carbonyl (C=O) groups is 1. The number of hydrogen-bond acceptors (Lipinski definition) is 5. The molecule has 1 amide bonds. The molecule has 2 aliphatic heterocycles. The van der Waals surface area contributed by atoms with E-state index in [0.717, 1.165) is 17.8 Å². The van der Waals surface area contributed by atoms with E-state index < -0.39 is 11.7 Å². The molecule has 0 bridgehead atoms. The molecule has 1 aromatic carbocycles. The number of benzene rings is 1. The zero-order valence-electron chi connectivity index (χ0n) is 15.3. The van der Waals surface area contributed by atoms with Crippen molar-refractivity contribution in [2.75, 3.05) is 24.5 Å². The Balaban J connectivity index is 1.72. The lowest BCUT2D eigenvalue weighted by Gasteiger charge is -2.34. The predicted octanol–water partition coefficient (Wildman–Crippen LogP) is 4.17. The topological polar surface area (TPSA) is 68.5 Å². The highest BCUT2D eigenvalue weighted by Gasteiger charge is 2.36. The van der Waals surface area contributed by atoms with Crippen molar-refractivity contribution in [3.8, 4) is 18.4 Å². The number of anilines is 1. The maximum Gasteiger partial charge on any atom is 0.418 e. The van der Waals surface area contributed by atoms with Crippen LogP contribution in [0.3, 0.4) is 0 Å². The Morgan fingerprint density at radius 3 is 2.72 bits per heavy atom. The zero-order chi connectivity index (χ0) is 21.0. The summed E-state index contributed by atoms with van der Waals surface area (Å²) in [5.74, 6) is 2.99. The van der Waals surface area contributed by atoms with Crippen LogP contribution in [0, 0.1) is 29.6 Å². The largest absolute Gasteiger partial charge is 0.418 e. The van der Waals surface area contributed by atoms with Gasteiger partial charge in [0, 0.05) is 18.8 Å². The van der Waals surface area contributed by atoms with Crippen molar-refractivity contribution in [3.63, 3.8) is 0 Å². The summed E-state index contributed by atoms with van der Waals surface area (Å²) >= 11 is 1.02. The summed E-state index contributed by atoms with van der Waals surface area (Å²) < 4.78 is 40.3. The van der Waals surface area contributed by atoms with Gasteiger partial charge in [-0.25, -0.2) is 0 Å². The molecule has 0 aromatic heterocycles. The van der Waals surface area contributed by atoms with Gasteiger partial charge < -0.3 is 10.2 Å². The molecule has 0 aliphatic carbocycles. The number of piperidine rings is 1. The first-order valence-corrected chi connectivity index (χ1v) is 9.70. The van der Waals surface area contributed by atoms with Crippen molar-refractivity contribution in [1.82, 2.24) is 5.32 Å². The van der Waals surface area contributed by atoms with Crippen LogP contribution >= 0.6 is 11.8 Å². The standard InChI is InChI=1S/C20H17F3N4OS/c1-2-7-25-18-17(29-19(28)26-18)11-13-5-8-27(9-6-13)16-4-3-14(12-24)10-15(16)20(21,22)23/h1,3-4,10-11,13H,5-9H2,(H,25,26,28)/b17-11-. The monoisotopic (exact) mass is 418 g/mol. The normalized spacial score (nSPS) is 19.1. The van der Waals surface area contributed by atoms with Crippen molar-refractivity contribution in [3.05, 3.63) is 40.3 Å². The maximum absolute atomic E-state index is 13.4. The molecule has 0 saturated carbocycles. The molecule has 1 N–H and O–H groups in total. The molecule has 0 unspecified atom stereocenters. The smallest absolute Gasteiger partial charge is 0.371 e. The molecule has 0 spiro atoms. The summed E-state index contributed by atoms with van der Waals surface area (Å²) in [5, 5.41) is 11.5. The summed E-state index contributed by atoms with van der Waals surface area (Å²) in [4.78, 5) is 17.9. The van der Waals surface area contributed by atoms with Gasteiger partial charge in [-0.2, -0.15) is 23.4 Å². The number of thioether (sulfide) groups is 1. The molecule has 1 saturated heterocycles. The lowest BCUT2D eigenvalue weighted by Crippen LogP contribution is -2.35. The third-order valence-electron chi connectivity index (χ3n) is 4.69. The van der Waals surface area contributed by atoms with E-state index in [1.165, 1.54) is 12.1 Å². The number of nitrogens with one attached hydrogen (secondary N) is 1. The molecule has 9 heteroatoms. The first-order valence-electron chi connectivity index (χ1n) is 8.88. The number of rotatable bonds is 3. The minimum Gasteiger partial charge on any atom is -0.371 e. The molecule has 0 radical (unpaired) electrons. The first-order chi connectivity index (χ1) is 13.8. The quantitative estimate of drug-likeness (QED) is 0.747. The molecule has 29 heavy (non-hydrogen) atoms. The van der Waals surface area contributed by atoms with Gasteiger partial charge in [-0.3, -0.25) is 4.79 Å². The van der Waals surface area contributed by atoms with Crippen molar-refractivity contribution >= 4 is 28.5 Å². The van der Waals surface area contributed by atoms with E-state index in [4.69, 9.17) is 11.7 Å². The molecule has 150 valence electrons. The number of halogens is 3. The van der Waals surface area contributed by atoms with Crippen LogP contribution in [0.15, 0.2) is 34.2 Å². The van der Waals surface area contributed by atoms with Gasteiger partial charge in [0.2, 0.25) is 0 Å². The van der Waals surface area contributed by atoms with Crippen LogP contribution < -0.4 is 10.2 Å². The van der Waals surface area contributed by atoms with E-state index in [-0.39, 0.29) is 29.0 Å². The van der Waals surface area contributed by atoms with E-state index in [1.54, 1.807) is 11.0 Å². The molecular weight excluding hydrogens is 401 g/mol. The van der Waals surface area contributed by atoms with E-state index in [1.807, 2.05) is 6.08 Å². The fourth-order valence-corrected chi connectivity index (χ4v) is 4.12. The fourth-order valence-electron chi connectivity index (χ4n) is 3.32. The van der Waals surface area contributed by atoms with Crippen LogP contribution in [0.25, 0.3) is 0 Å². The number of allylic oxidation sites excluding steroid dienone is 1. The number of aliphatic imine (C=N–C) groups is 1. The van der Waals surface area contributed by atoms with E-state index in [9.17, 15) is 18.0 Å². The van der Waals surface area contributed by atoms with Crippen LogP contribution in [0.1, 0.15) is 24.0 Å². The number of terminal acetylenes is 1. The second-order valence-electron chi connectivity index (χ2n) is 6.58. The van der Waals surface area contributed by atoms with Crippen LogP contribution in [0.2, 0.25) is 0 Å². The molecule has 0 atom stereocenters. The Hall–Kier alpha value is -2.91. The third kappa shape index (κ3) is 4.93. The summed E-state index contributed by atoms with van der Waals surface area (Å²) in [5.41, 5.74) is -0.723. The van der Waals surface area contributed by atoms with E-state index in [2.05, 4.69) is 16.2 Å². The Morgan fingerprint density at radius 1 is 1.38 bits per heavy atom. The number of carbonyl (C=O) groups excluding carboxylic acids is 1. The summed E-state index contributed by atoms with van der Waals surface area (Å²) in [6.45, 7) is 1.12. The lowest BCUT2D eigenvalue weighted by molar-refractivity contribution is -0.137. The molecule has 5 nitrogen and oxygen atoms in total. The molecule has 1 fully saturated rings. The second kappa shape index (κ2) is 8.62. The molecular formula is C20H17F3N4OS. The molecule has 2 heterocycles. The first kappa shape index (κ1) is 20.8. The van der Waals surface area contributed by atoms with E-state index in [0.29, 0.717) is 36.7 Å². The summed E-state index contributed by atoms with van der Waals surface area (Å²) in [6, 6.07) is 5.41. The Morgan fingerprint density at radius 2 is 2.10 bits per heavy atom. The summed E-state index contributed by atoms with van der Waals surface area (Å²) in [7, 11) is 0. The van der Waals surface area contributed by atoms with Crippen LogP contribution in [0.5, 0.6) is 0 Å². The maximum atomic E-state index is 13.4. The number of nitriles is 1. The molecule has 3 rings (SSSR count). The lowest BCUT2D eigenvalue weighted by atomic mass is 9.95. The van der Waals surface area contributed by atoms with E-state index >= 15 is 0 Å². The zero-order valence-corrected chi connectivity index (χ0v) is 16.1. The van der Waals surface area contributed by atoms with Crippen LogP contribution in [0.4, 0.5) is 23.7 Å². The van der Waals surface area contributed by atoms with Crippen molar-refractivity contribution in [1.29, 1.82) is 5.26 Å². The average molecular weight is 418 g/mol. The van der Waals surface area contributed by atoms with Gasteiger partial charge in [-0.15, -0.1) is 6.42 Å². The molecule has 1 aromatic rings. The van der Waals surface area contributed by atoms with Gasteiger partial charge >= 0.3 is 11.4 Å². The van der Waals surface area contributed by atoms with Gasteiger partial charge in [0.05, 0.1) is 28.6 Å². The number of alkyl halides is 3. The minimum absolute atomic E-state index is 0.0186. The van der Waals surface area contributed by atoms with Crippen LogP contribution in [-0.4, -0.2) is 30.7 Å². The predicted molar refractivity (Wildman–Crippen MR) is 106 cm³/mol. The number of hydrogen-bond donors (Lipinski definition) is 1. The van der Waals surface area contributed by atoms with Crippen molar-refractivity contribution in [2.24, 2.45) is 10.9 Å². The fraction of sp³-hybridized carbons (Fsp3) is 0.350. The Labute approximate surface area is 170 Å². The highest BCUT2D eigenvalue weighted by molar-refractivity contribution is 8.18. The van der Waals surface area contributed by atoms with Crippen molar-refractivity contribution < 1.29 is 18.0 Å². The third-order valence-corrected chi connectivity index (χ3v) is 5.51. The molecule has 2 aliphatic rings. The number of nitrogens with zero attached hydrogens (tertiary/aromatic N) is 3. The minimum atomic E-state index is -4.53. The van der Waals surface area contributed by atoms with Gasteiger partial charge in [-0.05, 0) is 48.7 Å². The Kier molecular flexibility index (Phi) is 6.19. The van der Waals surface area contributed by atoms with Gasteiger partial charge in [0.1, 0.15) is 5.84 Å². The highest BCUT2D eigenvalue weighted by Crippen LogP contribution is 2.39. The SMILES string of the molecule is C#CCNC1=NC(=O)S/C1=C\C1CCN(c2ccc(C#N)cc2C(F)(F)F)CC1. The van der Waals surface area contributed by atoms with Gasteiger partial charge in [0.25, 0.3) is 0 Å². The number of amidine groups is 1. The van der Waals surface area contributed by atoms with Gasteiger partial charge in [0.15, 0.2) is 0 Å². The summed E-state index contributed by atoms with van der Waals surface area (Å²) in [6.07, 6.45) is 3.91. The second-order valence-corrected chi connectivity index (χ2v) is 7.58. The average Bonchev–Trinajstić information content (AvgIpc) is 3.04. The van der Waals surface area contributed by atoms with Gasteiger partial charge in [-0.1, -0.05) is 12.0 Å². The van der Waals surface area contributed by atoms with Crippen molar-refractivity contribution in [2.45, 2.75) is 19.0 Å². The highest BCUT2D eigenvalue weighted by atomic mass is 32.2.